The fourth-order valence-corrected chi connectivity index (χ4v) is 3.27. The van der Waals surface area contributed by atoms with Crippen LogP contribution in [-0.2, 0) is 23.2 Å². The molecule has 2 N–H and O–H groups in total. The summed E-state index contributed by atoms with van der Waals surface area (Å²) in [4.78, 5) is 4.44. The molecule has 0 fully saturated rings. The van der Waals surface area contributed by atoms with Crippen molar-refractivity contribution < 1.29 is 13.5 Å². The van der Waals surface area contributed by atoms with Crippen molar-refractivity contribution in [3.05, 3.63) is 58.9 Å². The van der Waals surface area contributed by atoms with E-state index in [4.69, 9.17) is 5.11 Å². The van der Waals surface area contributed by atoms with Gasteiger partial charge in [-0.1, -0.05) is 18.2 Å². The van der Waals surface area contributed by atoms with E-state index in [1.165, 1.54) is 6.07 Å². The lowest BCUT2D eigenvalue weighted by atomic mass is 10.2. The van der Waals surface area contributed by atoms with Crippen LogP contribution in [-0.4, -0.2) is 18.5 Å². The summed E-state index contributed by atoms with van der Waals surface area (Å²) >= 11 is 0. The molecule has 0 aliphatic rings. The maximum Gasteiger partial charge on any atom is 0.241 e. The van der Waals surface area contributed by atoms with Crippen molar-refractivity contribution in [2.75, 3.05) is 0 Å². The second-order valence-corrected chi connectivity index (χ2v) is 6.59. The van der Waals surface area contributed by atoms with E-state index < -0.39 is 10.0 Å². The number of aliphatic hydroxyl groups is 1. The molecule has 0 radical (unpaired) electrons. The van der Waals surface area contributed by atoms with Crippen molar-refractivity contribution in [3.8, 4) is 0 Å². The van der Waals surface area contributed by atoms with Gasteiger partial charge in [0.25, 0.3) is 0 Å². The summed E-state index contributed by atoms with van der Waals surface area (Å²) in [5.74, 6) is 0. The molecule has 1 aromatic carbocycles. The van der Waals surface area contributed by atoms with Gasteiger partial charge in [-0.15, -0.1) is 0 Å². The van der Waals surface area contributed by atoms with Crippen molar-refractivity contribution in [1.29, 1.82) is 0 Å². The highest BCUT2D eigenvalue weighted by Gasteiger charge is 2.17. The van der Waals surface area contributed by atoms with Gasteiger partial charge in [0.1, 0.15) is 0 Å². The highest BCUT2D eigenvalue weighted by molar-refractivity contribution is 7.89. The Morgan fingerprint density at radius 3 is 2.62 bits per heavy atom. The van der Waals surface area contributed by atoms with Gasteiger partial charge in [-0.05, 0) is 43.2 Å². The third-order valence-electron chi connectivity index (χ3n) is 3.11. The molecule has 0 bridgehead atoms. The van der Waals surface area contributed by atoms with Crippen molar-refractivity contribution in [1.82, 2.24) is 9.71 Å². The van der Waals surface area contributed by atoms with Crippen LogP contribution in [0, 0.1) is 13.8 Å². The lowest BCUT2D eigenvalue weighted by Crippen LogP contribution is -2.24. The number of aliphatic hydroxyl groups excluding tert-OH is 1. The zero-order valence-electron chi connectivity index (χ0n) is 12.0. The molecule has 0 atom stereocenters. The first-order valence-corrected chi connectivity index (χ1v) is 8.03. The van der Waals surface area contributed by atoms with Gasteiger partial charge in [0.15, 0.2) is 0 Å². The maximum absolute atomic E-state index is 12.4. The van der Waals surface area contributed by atoms with Crippen LogP contribution in [0.2, 0.25) is 0 Å². The van der Waals surface area contributed by atoms with E-state index in [2.05, 4.69) is 9.71 Å². The Bertz CT molecular complexity index is 742. The predicted octanol–water partition coefficient (Wildman–Crippen LogP) is 1.67. The third-order valence-corrected chi connectivity index (χ3v) is 4.66. The summed E-state index contributed by atoms with van der Waals surface area (Å²) in [6.45, 7) is 3.52. The molecule has 0 amide bonds. The lowest BCUT2D eigenvalue weighted by molar-refractivity contribution is 0.281. The Balaban J connectivity index is 2.22. The number of rotatable bonds is 5. The van der Waals surface area contributed by atoms with Gasteiger partial charge < -0.3 is 5.11 Å². The van der Waals surface area contributed by atoms with Crippen LogP contribution in [0.25, 0.3) is 0 Å². The number of pyridine rings is 1. The van der Waals surface area contributed by atoms with Gasteiger partial charge in [-0.2, -0.15) is 0 Å². The van der Waals surface area contributed by atoms with Crippen molar-refractivity contribution in [2.24, 2.45) is 0 Å². The highest BCUT2D eigenvalue weighted by Crippen LogP contribution is 2.17. The third kappa shape index (κ3) is 3.87. The summed E-state index contributed by atoms with van der Waals surface area (Å²) in [6, 6.07) is 10.3. The number of hydrogen-bond acceptors (Lipinski definition) is 4. The summed E-state index contributed by atoms with van der Waals surface area (Å²) in [5, 5.41) is 9.13. The van der Waals surface area contributed by atoms with Gasteiger partial charge in [0, 0.05) is 5.69 Å². The molecule has 112 valence electrons. The topological polar surface area (TPSA) is 79.3 Å². The Kier molecular flexibility index (Phi) is 4.72. The smallest absolute Gasteiger partial charge is 0.241 e. The van der Waals surface area contributed by atoms with Crippen LogP contribution in [0.3, 0.4) is 0 Å². The molecule has 0 saturated heterocycles. The first-order valence-electron chi connectivity index (χ1n) is 6.55. The molecule has 0 aliphatic carbocycles. The number of nitrogens with one attached hydrogen (secondary N) is 1. The molecule has 21 heavy (non-hydrogen) atoms. The summed E-state index contributed by atoms with van der Waals surface area (Å²) in [7, 11) is -3.64. The minimum Gasteiger partial charge on any atom is -0.392 e. The average Bonchev–Trinajstić information content (AvgIpc) is 2.46. The first kappa shape index (κ1) is 15.6. The maximum atomic E-state index is 12.4. The second kappa shape index (κ2) is 6.34. The lowest BCUT2D eigenvalue weighted by Gasteiger charge is -2.10. The fourth-order valence-electron chi connectivity index (χ4n) is 1.98. The van der Waals surface area contributed by atoms with E-state index >= 15 is 0 Å². The molecule has 5 nitrogen and oxygen atoms in total. The Labute approximate surface area is 124 Å². The zero-order chi connectivity index (χ0) is 15.5. The largest absolute Gasteiger partial charge is 0.392 e. The van der Waals surface area contributed by atoms with E-state index in [1.807, 2.05) is 19.1 Å². The molecule has 2 rings (SSSR count). The van der Waals surface area contributed by atoms with E-state index in [1.54, 1.807) is 25.1 Å². The van der Waals surface area contributed by atoms with Gasteiger partial charge in [-0.25, -0.2) is 13.1 Å². The van der Waals surface area contributed by atoms with Crippen molar-refractivity contribution >= 4 is 10.0 Å². The SMILES string of the molecule is Cc1cccc(CNS(=O)(=O)c2cc(CO)ccc2C)n1. The molecular weight excluding hydrogens is 288 g/mol. The van der Waals surface area contributed by atoms with Crippen LogP contribution in [0.1, 0.15) is 22.5 Å². The van der Waals surface area contributed by atoms with Crippen LogP contribution >= 0.6 is 0 Å². The minimum absolute atomic E-state index is 0.132. The fraction of sp³-hybridized carbons (Fsp3) is 0.267. The second-order valence-electron chi connectivity index (χ2n) is 4.85. The molecule has 6 heteroatoms. The normalized spacial score (nSPS) is 11.6. The summed E-state index contributed by atoms with van der Waals surface area (Å²) in [5.41, 5.74) is 2.70. The van der Waals surface area contributed by atoms with Gasteiger partial charge in [-0.3, -0.25) is 4.98 Å². The summed E-state index contributed by atoms with van der Waals surface area (Å²) in [6.07, 6.45) is 0. The van der Waals surface area contributed by atoms with Gasteiger partial charge >= 0.3 is 0 Å². The molecule has 0 aliphatic heterocycles. The van der Waals surface area contributed by atoms with Gasteiger partial charge in [0.2, 0.25) is 10.0 Å². The molecular formula is C15H18N2O3S. The first-order chi connectivity index (χ1) is 9.92. The van der Waals surface area contributed by atoms with E-state index in [0.29, 0.717) is 16.8 Å². The number of aryl methyl sites for hydroxylation is 2. The van der Waals surface area contributed by atoms with Gasteiger partial charge in [0.05, 0.1) is 23.7 Å². The minimum atomic E-state index is -3.64. The Hall–Kier alpha value is -1.76. The summed E-state index contributed by atoms with van der Waals surface area (Å²) < 4.78 is 27.3. The number of sulfonamides is 1. The molecule has 0 unspecified atom stereocenters. The number of benzene rings is 1. The van der Waals surface area contributed by atoms with Crippen LogP contribution in [0.5, 0.6) is 0 Å². The molecule has 0 spiro atoms. The highest BCUT2D eigenvalue weighted by atomic mass is 32.2. The van der Waals surface area contributed by atoms with Crippen LogP contribution in [0.15, 0.2) is 41.3 Å². The standard InChI is InChI=1S/C15H18N2O3S/c1-11-6-7-13(10-18)8-15(11)21(19,20)16-9-14-5-3-4-12(2)17-14/h3-8,16,18H,9-10H2,1-2H3. The zero-order valence-corrected chi connectivity index (χ0v) is 12.8. The average molecular weight is 306 g/mol. The number of nitrogens with zero attached hydrogens (tertiary/aromatic N) is 1. The van der Waals surface area contributed by atoms with Crippen molar-refractivity contribution in [3.63, 3.8) is 0 Å². The van der Waals surface area contributed by atoms with Crippen LogP contribution < -0.4 is 4.72 Å². The predicted molar refractivity (Wildman–Crippen MR) is 80.1 cm³/mol. The Morgan fingerprint density at radius 1 is 1.19 bits per heavy atom. The quantitative estimate of drug-likeness (QED) is 0.880. The Morgan fingerprint density at radius 2 is 1.95 bits per heavy atom. The van der Waals surface area contributed by atoms with E-state index in [9.17, 15) is 8.42 Å². The van der Waals surface area contributed by atoms with E-state index in [0.717, 1.165) is 5.69 Å². The monoisotopic (exact) mass is 306 g/mol. The molecule has 1 aromatic heterocycles. The molecule has 1 heterocycles. The van der Waals surface area contributed by atoms with Crippen molar-refractivity contribution in [2.45, 2.75) is 31.9 Å². The molecule has 0 saturated carbocycles. The van der Waals surface area contributed by atoms with E-state index in [-0.39, 0.29) is 18.0 Å². The van der Waals surface area contributed by atoms with Crippen LogP contribution in [0.4, 0.5) is 0 Å². The number of aromatic nitrogens is 1. The number of hydrogen-bond donors (Lipinski definition) is 2. The molecule has 2 aromatic rings.